The van der Waals surface area contributed by atoms with Crippen molar-refractivity contribution in [1.29, 1.82) is 0 Å². The highest BCUT2D eigenvalue weighted by molar-refractivity contribution is 5.72. The molecule has 110 valence electrons. The second-order valence-electron chi connectivity index (χ2n) is 4.45. The number of methoxy groups -OCH3 is 1. The summed E-state index contributed by atoms with van der Waals surface area (Å²) in [6.45, 7) is 0. The topological polar surface area (TPSA) is 120 Å². The van der Waals surface area contributed by atoms with Crippen molar-refractivity contribution in [3.8, 4) is 17.4 Å². The third-order valence-corrected chi connectivity index (χ3v) is 3.09. The molecule has 0 bridgehead atoms. The first-order valence-corrected chi connectivity index (χ1v) is 6.27. The molecule has 2 aromatic rings. The molecule has 0 spiro atoms. The van der Waals surface area contributed by atoms with Gasteiger partial charge in [0.25, 0.3) is 5.89 Å². The molecule has 2 aromatic heterocycles. The Morgan fingerprint density at radius 2 is 2.24 bits per heavy atom. The summed E-state index contributed by atoms with van der Waals surface area (Å²) in [4.78, 5) is 15.0. The maximum atomic E-state index is 10.8. The van der Waals surface area contributed by atoms with Gasteiger partial charge in [0.05, 0.1) is 7.11 Å². The molecule has 1 fully saturated rings. The minimum atomic E-state index is -0.988. The molecule has 3 heterocycles. The zero-order valence-corrected chi connectivity index (χ0v) is 11.1. The van der Waals surface area contributed by atoms with Crippen molar-refractivity contribution in [2.24, 2.45) is 0 Å². The van der Waals surface area contributed by atoms with Crippen molar-refractivity contribution in [1.82, 2.24) is 20.3 Å². The molecule has 0 radical (unpaired) electrons. The summed E-state index contributed by atoms with van der Waals surface area (Å²) in [5.74, 6) is -0.0990. The van der Waals surface area contributed by atoms with Crippen LogP contribution in [0.15, 0.2) is 16.7 Å². The number of carboxylic acid groups (broad SMARTS) is 1. The van der Waals surface area contributed by atoms with Gasteiger partial charge in [-0.2, -0.15) is 4.98 Å². The summed E-state index contributed by atoms with van der Waals surface area (Å²) >= 11 is 0. The van der Waals surface area contributed by atoms with E-state index in [4.69, 9.17) is 19.1 Å². The number of aliphatic carboxylic acids is 1. The maximum absolute atomic E-state index is 10.8. The third kappa shape index (κ3) is 2.68. The first-order chi connectivity index (χ1) is 10.2. The van der Waals surface area contributed by atoms with Crippen molar-refractivity contribution >= 4 is 5.97 Å². The molecule has 0 saturated carbocycles. The van der Waals surface area contributed by atoms with E-state index in [9.17, 15) is 4.79 Å². The molecular weight excluding hydrogens is 280 g/mol. The molecule has 1 aliphatic rings. The lowest BCUT2D eigenvalue weighted by molar-refractivity contribution is -0.150. The van der Waals surface area contributed by atoms with E-state index in [0.29, 0.717) is 24.4 Å². The predicted molar refractivity (Wildman–Crippen MR) is 66.4 cm³/mol. The summed E-state index contributed by atoms with van der Waals surface area (Å²) in [6.07, 6.45) is -0.392. The molecule has 3 rings (SSSR count). The van der Waals surface area contributed by atoms with Gasteiger partial charge in [0, 0.05) is 6.07 Å². The second kappa shape index (κ2) is 5.44. The average Bonchev–Trinajstić information content (AvgIpc) is 3.16. The number of hydrogen-bond acceptors (Lipinski definition) is 8. The highest BCUT2D eigenvalue weighted by Crippen LogP contribution is 2.32. The van der Waals surface area contributed by atoms with Gasteiger partial charge in [0.2, 0.25) is 11.7 Å². The fourth-order valence-electron chi connectivity index (χ4n) is 2.02. The van der Waals surface area contributed by atoms with Crippen LogP contribution >= 0.6 is 0 Å². The van der Waals surface area contributed by atoms with Crippen LogP contribution in [0.1, 0.15) is 24.8 Å². The quantitative estimate of drug-likeness (QED) is 0.873. The fraction of sp³-hybridized carbons (Fsp3) is 0.417. The Hall–Kier alpha value is -2.55. The van der Waals surface area contributed by atoms with Crippen molar-refractivity contribution in [2.45, 2.75) is 25.0 Å². The van der Waals surface area contributed by atoms with Crippen LogP contribution in [0.25, 0.3) is 11.5 Å². The van der Waals surface area contributed by atoms with Crippen LogP contribution < -0.4 is 4.74 Å². The fourth-order valence-corrected chi connectivity index (χ4v) is 2.02. The number of aromatic nitrogens is 4. The summed E-state index contributed by atoms with van der Waals surface area (Å²) in [6, 6.07) is 3.28. The van der Waals surface area contributed by atoms with E-state index in [-0.39, 0.29) is 11.7 Å². The number of rotatable bonds is 4. The molecule has 0 amide bonds. The Balaban J connectivity index is 1.75. The van der Waals surface area contributed by atoms with Crippen LogP contribution in [0.5, 0.6) is 5.88 Å². The van der Waals surface area contributed by atoms with Crippen LogP contribution in [-0.4, -0.2) is 44.6 Å². The summed E-state index contributed by atoms with van der Waals surface area (Å²) < 4.78 is 15.4. The Kier molecular flexibility index (Phi) is 3.48. The molecule has 2 unspecified atom stereocenters. The SMILES string of the molecule is COc1ccc(-c2noc(C3CCC(C(=O)O)O3)n2)nn1. The highest BCUT2D eigenvalue weighted by atomic mass is 16.5. The number of ether oxygens (including phenoxy) is 2. The summed E-state index contributed by atoms with van der Waals surface area (Å²) in [5, 5.41) is 20.4. The smallest absolute Gasteiger partial charge is 0.332 e. The van der Waals surface area contributed by atoms with Crippen LogP contribution in [0.2, 0.25) is 0 Å². The second-order valence-corrected chi connectivity index (χ2v) is 4.45. The lowest BCUT2D eigenvalue weighted by atomic mass is 10.2. The zero-order valence-electron chi connectivity index (χ0n) is 11.1. The minimum Gasteiger partial charge on any atom is -0.480 e. The molecule has 9 heteroatoms. The maximum Gasteiger partial charge on any atom is 0.332 e. The molecule has 0 aromatic carbocycles. The summed E-state index contributed by atoms with van der Waals surface area (Å²) in [7, 11) is 1.49. The van der Waals surface area contributed by atoms with Gasteiger partial charge in [-0.3, -0.25) is 0 Å². The molecule has 2 atom stereocenters. The van der Waals surface area contributed by atoms with E-state index in [1.54, 1.807) is 12.1 Å². The van der Waals surface area contributed by atoms with E-state index < -0.39 is 18.2 Å². The van der Waals surface area contributed by atoms with E-state index in [1.165, 1.54) is 7.11 Å². The van der Waals surface area contributed by atoms with Crippen LogP contribution in [-0.2, 0) is 9.53 Å². The number of hydrogen-bond donors (Lipinski definition) is 1. The van der Waals surface area contributed by atoms with E-state index in [0.717, 1.165) is 0 Å². The predicted octanol–water partition coefficient (Wildman–Crippen LogP) is 0.840. The molecule has 0 aliphatic carbocycles. The first kappa shape index (κ1) is 13.4. The van der Waals surface area contributed by atoms with Crippen molar-refractivity contribution in [2.75, 3.05) is 7.11 Å². The minimum absolute atomic E-state index is 0.242. The Bertz CT molecular complexity index is 641. The van der Waals surface area contributed by atoms with Crippen molar-refractivity contribution in [3.63, 3.8) is 0 Å². The van der Waals surface area contributed by atoms with Crippen LogP contribution in [0, 0.1) is 0 Å². The molecule has 9 nitrogen and oxygen atoms in total. The van der Waals surface area contributed by atoms with Gasteiger partial charge in [0.15, 0.2) is 6.10 Å². The van der Waals surface area contributed by atoms with E-state index in [1.807, 2.05) is 0 Å². The standard InChI is InChI=1S/C12H12N4O5/c1-19-9-5-2-6(14-15-9)10-13-11(21-16-10)7-3-4-8(20-7)12(17)18/h2,5,7-8H,3-4H2,1H3,(H,17,18). The number of nitrogens with zero attached hydrogens (tertiary/aromatic N) is 4. The van der Waals surface area contributed by atoms with Crippen LogP contribution in [0.3, 0.4) is 0 Å². The molecule has 1 saturated heterocycles. The monoisotopic (exact) mass is 292 g/mol. The Morgan fingerprint density at radius 1 is 1.38 bits per heavy atom. The molecule has 1 aliphatic heterocycles. The van der Waals surface area contributed by atoms with Gasteiger partial charge in [-0.1, -0.05) is 5.16 Å². The van der Waals surface area contributed by atoms with Crippen molar-refractivity contribution < 1.29 is 23.9 Å². The lowest BCUT2D eigenvalue weighted by Crippen LogP contribution is -2.18. The molecule has 1 N–H and O–H groups in total. The van der Waals surface area contributed by atoms with Crippen LogP contribution in [0.4, 0.5) is 0 Å². The molecular formula is C12H12N4O5. The van der Waals surface area contributed by atoms with Gasteiger partial charge in [-0.15, -0.1) is 10.2 Å². The van der Waals surface area contributed by atoms with Gasteiger partial charge in [-0.05, 0) is 18.9 Å². The largest absolute Gasteiger partial charge is 0.480 e. The number of carboxylic acids is 1. The van der Waals surface area contributed by atoms with Crippen molar-refractivity contribution in [3.05, 3.63) is 18.0 Å². The van der Waals surface area contributed by atoms with Gasteiger partial charge in [-0.25, -0.2) is 4.79 Å². The van der Waals surface area contributed by atoms with E-state index in [2.05, 4.69) is 20.3 Å². The third-order valence-electron chi connectivity index (χ3n) is 3.09. The number of carbonyl (C=O) groups is 1. The average molecular weight is 292 g/mol. The zero-order chi connectivity index (χ0) is 14.8. The normalized spacial score (nSPS) is 21.4. The van der Waals surface area contributed by atoms with Gasteiger partial charge in [0.1, 0.15) is 11.8 Å². The highest BCUT2D eigenvalue weighted by Gasteiger charge is 2.34. The van der Waals surface area contributed by atoms with E-state index >= 15 is 0 Å². The van der Waals surface area contributed by atoms with Gasteiger partial charge < -0.3 is 19.1 Å². The molecule has 21 heavy (non-hydrogen) atoms. The Morgan fingerprint density at radius 3 is 2.86 bits per heavy atom. The lowest BCUT2D eigenvalue weighted by Gasteiger charge is -2.05. The van der Waals surface area contributed by atoms with Gasteiger partial charge >= 0.3 is 5.97 Å². The Labute approximate surface area is 118 Å². The summed E-state index contributed by atoms with van der Waals surface area (Å²) in [5.41, 5.74) is 0.429. The first-order valence-electron chi connectivity index (χ1n) is 6.27.